The fourth-order valence-electron chi connectivity index (χ4n) is 2.17. The van der Waals surface area contributed by atoms with E-state index in [1.54, 1.807) is 0 Å². The number of hydrogen-bond acceptors (Lipinski definition) is 6. The zero-order chi connectivity index (χ0) is 17.8. The van der Waals surface area contributed by atoms with Crippen LogP contribution in [0, 0.1) is 0 Å². The Balaban J connectivity index is 2.05. The molecule has 0 spiro atoms. The van der Waals surface area contributed by atoms with Crippen LogP contribution in [0.25, 0.3) is 0 Å². The first-order valence-electron chi connectivity index (χ1n) is 7.33. The number of hydrogen-bond donors (Lipinski definition) is 2. The summed E-state index contributed by atoms with van der Waals surface area (Å²) in [5.74, 6) is -0.708. The smallest absolute Gasteiger partial charge is 0.251 e. The minimum absolute atomic E-state index is 0.0230. The third-order valence-electron chi connectivity index (χ3n) is 3.42. The molecule has 1 aliphatic heterocycles. The molecule has 134 valence electrons. The van der Waals surface area contributed by atoms with Gasteiger partial charge in [0.25, 0.3) is 5.91 Å². The zero-order valence-corrected chi connectivity index (χ0v) is 14.8. The first-order chi connectivity index (χ1) is 11.2. The zero-order valence-electron chi connectivity index (χ0n) is 13.2. The number of nitrogens with one attached hydrogen (secondary N) is 2. The molecular formula is C14H20N2O6S2. The van der Waals surface area contributed by atoms with Crippen molar-refractivity contribution in [1.82, 2.24) is 10.0 Å². The molecule has 2 N–H and O–H groups in total. The van der Waals surface area contributed by atoms with Gasteiger partial charge in [-0.05, 0) is 24.6 Å². The van der Waals surface area contributed by atoms with Gasteiger partial charge in [0.05, 0.1) is 17.3 Å². The van der Waals surface area contributed by atoms with E-state index in [9.17, 15) is 21.6 Å². The van der Waals surface area contributed by atoms with Gasteiger partial charge in [-0.3, -0.25) is 4.79 Å². The summed E-state index contributed by atoms with van der Waals surface area (Å²) in [6.45, 7) is 0.799. The predicted octanol–water partition coefficient (Wildman–Crippen LogP) is -0.472. The van der Waals surface area contributed by atoms with Crippen LogP contribution in [0.1, 0.15) is 16.8 Å². The highest BCUT2D eigenvalue weighted by atomic mass is 32.2. The molecule has 8 nitrogen and oxygen atoms in total. The third kappa shape index (κ3) is 5.55. The van der Waals surface area contributed by atoms with Crippen molar-refractivity contribution >= 4 is 25.8 Å². The van der Waals surface area contributed by atoms with Crippen LogP contribution < -0.4 is 10.0 Å². The van der Waals surface area contributed by atoms with E-state index in [1.807, 2.05) is 0 Å². The number of sulfone groups is 1. The molecule has 1 aromatic rings. The lowest BCUT2D eigenvalue weighted by molar-refractivity contribution is 0.0956. The number of ether oxygens (including phenoxy) is 1. The van der Waals surface area contributed by atoms with Crippen molar-refractivity contribution in [1.29, 1.82) is 0 Å². The lowest BCUT2D eigenvalue weighted by Crippen LogP contribution is -2.35. The summed E-state index contributed by atoms with van der Waals surface area (Å²) in [5, 5.41) is 2.45. The molecule has 1 fully saturated rings. The van der Waals surface area contributed by atoms with E-state index in [4.69, 9.17) is 4.74 Å². The van der Waals surface area contributed by atoms with Crippen molar-refractivity contribution in [2.45, 2.75) is 17.4 Å². The Bertz CT molecular complexity index is 798. The van der Waals surface area contributed by atoms with Crippen LogP contribution in [0.15, 0.2) is 29.2 Å². The highest BCUT2D eigenvalue weighted by Gasteiger charge is 2.24. The van der Waals surface area contributed by atoms with Crippen molar-refractivity contribution < 1.29 is 26.4 Å². The fraction of sp³-hybridized carbons (Fsp3) is 0.500. The molecule has 0 saturated carbocycles. The van der Waals surface area contributed by atoms with Crippen molar-refractivity contribution in [2.75, 3.05) is 31.8 Å². The van der Waals surface area contributed by atoms with Crippen molar-refractivity contribution in [2.24, 2.45) is 0 Å². The lowest BCUT2D eigenvalue weighted by atomic mass is 10.2. The van der Waals surface area contributed by atoms with Gasteiger partial charge in [-0.25, -0.2) is 21.6 Å². The summed E-state index contributed by atoms with van der Waals surface area (Å²) >= 11 is 0. The van der Waals surface area contributed by atoms with Gasteiger partial charge >= 0.3 is 0 Å². The van der Waals surface area contributed by atoms with Gasteiger partial charge in [0, 0.05) is 31.0 Å². The maximum absolute atomic E-state index is 12.3. The van der Waals surface area contributed by atoms with Crippen LogP contribution >= 0.6 is 0 Å². The number of amides is 1. The van der Waals surface area contributed by atoms with Gasteiger partial charge in [0.2, 0.25) is 10.0 Å². The van der Waals surface area contributed by atoms with Gasteiger partial charge in [0.15, 0.2) is 0 Å². The maximum atomic E-state index is 12.3. The van der Waals surface area contributed by atoms with Gasteiger partial charge in [-0.2, -0.15) is 0 Å². The number of carbonyl (C=O) groups excluding carboxylic acids is 1. The number of benzene rings is 1. The normalized spacial score (nSPS) is 18.5. The fourth-order valence-corrected chi connectivity index (χ4v) is 3.94. The van der Waals surface area contributed by atoms with E-state index in [0.717, 1.165) is 6.26 Å². The van der Waals surface area contributed by atoms with Crippen LogP contribution in [-0.2, 0) is 24.6 Å². The molecule has 0 aliphatic carbocycles. The lowest BCUT2D eigenvalue weighted by Gasteiger charge is -2.12. The third-order valence-corrected chi connectivity index (χ3v) is 5.88. The molecule has 24 heavy (non-hydrogen) atoms. The number of rotatable bonds is 7. The first kappa shape index (κ1) is 18.8. The van der Waals surface area contributed by atoms with E-state index in [1.165, 1.54) is 24.3 Å². The van der Waals surface area contributed by atoms with Gasteiger partial charge in [-0.1, -0.05) is 6.07 Å². The molecule has 2 rings (SSSR count). The first-order valence-corrected chi connectivity index (χ1v) is 10.9. The molecule has 0 bridgehead atoms. The average Bonchev–Trinajstić information content (AvgIpc) is 2.98. The predicted molar refractivity (Wildman–Crippen MR) is 88.0 cm³/mol. The van der Waals surface area contributed by atoms with Crippen LogP contribution in [0.3, 0.4) is 0 Å². The Morgan fingerprint density at radius 1 is 1.29 bits per heavy atom. The molecule has 1 saturated heterocycles. The van der Waals surface area contributed by atoms with Crippen molar-refractivity contribution in [3.05, 3.63) is 29.8 Å². The topological polar surface area (TPSA) is 119 Å². The molecule has 0 aromatic heterocycles. The second-order valence-corrected chi connectivity index (χ2v) is 9.57. The summed E-state index contributed by atoms with van der Waals surface area (Å²) in [7, 11) is -6.93. The van der Waals surface area contributed by atoms with Crippen LogP contribution in [-0.4, -0.2) is 60.6 Å². The van der Waals surface area contributed by atoms with Crippen LogP contribution in [0.2, 0.25) is 0 Å². The van der Waals surface area contributed by atoms with Crippen molar-refractivity contribution in [3.63, 3.8) is 0 Å². The quantitative estimate of drug-likeness (QED) is 0.664. The van der Waals surface area contributed by atoms with E-state index in [2.05, 4.69) is 10.0 Å². The number of carbonyl (C=O) groups is 1. The number of sulfonamides is 1. The Morgan fingerprint density at radius 3 is 2.67 bits per heavy atom. The maximum Gasteiger partial charge on any atom is 0.251 e. The van der Waals surface area contributed by atoms with E-state index in [-0.39, 0.29) is 28.8 Å². The molecule has 10 heteroatoms. The molecule has 1 heterocycles. The van der Waals surface area contributed by atoms with Crippen LogP contribution in [0.4, 0.5) is 0 Å². The van der Waals surface area contributed by atoms with E-state index < -0.39 is 25.8 Å². The second-order valence-electron chi connectivity index (χ2n) is 5.60. The largest absolute Gasteiger partial charge is 0.380 e. The molecule has 1 aromatic carbocycles. The van der Waals surface area contributed by atoms with Gasteiger partial charge < -0.3 is 10.1 Å². The monoisotopic (exact) mass is 376 g/mol. The molecule has 0 unspecified atom stereocenters. The Labute approximate surface area is 141 Å². The molecule has 0 radical (unpaired) electrons. The van der Waals surface area contributed by atoms with E-state index >= 15 is 0 Å². The summed E-state index contributed by atoms with van der Waals surface area (Å²) in [5.41, 5.74) is 0.147. The summed E-state index contributed by atoms with van der Waals surface area (Å²) in [6, 6.07) is 5.31. The molecule has 1 amide bonds. The molecule has 1 aliphatic rings. The minimum Gasteiger partial charge on any atom is -0.380 e. The van der Waals surface area contributed by atoms with Crippen LogP contribution in [0.5, 0.6) is 0 Å². The highest BCUT2D eigenvalue weighted by Crippen LogP contribution is 2.14. The van der Waals surface area contributed by atoms with Crippen molar-refractivity contribution in [3.8, 4) is 0 Å². The molecule has 1 atom stereocenters. The molecular weight excluding hydrogens is 356 g/mol. The summed E-state index contributed by atoms with van der Waals surface area (Å²) in [4.78, 5) is 12.0. The summed E-state index contributed by atoms with van der Waals surface area (Å²) in [6.07, 6.45) is 1.68. The Hall–Kier alpha value is -1.49. The Kier molecular flexibility index (Phi) is 5.97. The standard InChI is InChI=1S/C14H20N2O6S2/c1-23(18,19)8-6-15-14(17)11-3-2-4-13(9-11)24(20,21)16-12-5-7-22-10-12/h2-4,9,12,16H,5-8,10H2,1H3,(H,15,17)/t12-/m0/s1. The average molecular weight is 376 g/mol. The highest BCUT2D eigenvalue weighted by molar-refractivity contribution is 7.90. The van der Waals surface area contributed by atoms with E-state index in [0.29, 0.717) is 19.6 Å². The van der Waals surface area contributed by atoms with Gasteiger partial charge in [-0.15, -0.1) is 0 Å². The second kappa shape index (κ2) is 7.60. The SMILES string of the molecule is CS(=O)(=O)CCNC(=O)c1cccc(S(=O)(=O)N[C@H]2CCOC2)c1. The minimum atomic E-state index is -3.75. The summed E-state index contributed by atoms with van der Waals surface area (Å²) < 4.78 is 54.4. The van der Waals surface area contributed by atoms with Gasteiger partial charge in [0.1, 0.15) is 9.84 Å². The Morgan fingerprint density at radius 2 is 2.04 bits per heavy atom.